The van der Waals surface area contributed by atoms with Crippen molar-refractivity contribution in [2.24, 2.45) is 0 Å². The van der Waals surface area contributed by atoms with Gasteiger partial charge in [0.15, 0.2) is 17.4 Å². The van der Waals surface area contributed by atoms with Gasteiger partial charge in [-0.1, -0.05) is 18.2 Å². The van der Waals surface area contributed by atoms with Crippen molar-refractivity contribution in [3.8, 4) is 22.8 Å². The molecule has 7 rings (SSSR count). The Balaban J connectivity index is 1.20. The molecule has 13 nitrogen and oxygen atoms in total. The molecule has 4 aromatic heterocycles. The van der Waals surface area contributed by atoms with Crippen molar-refractivity contribution < 1.29 is 27.8 Å². The number of aromatic amines is 1. The van der Waals surface area contributed by atoms with Crippen LogP contribution in [-0.4, -0.2) is 105 Å². The Morgan fingerprint density at radius 1 is 0.981 bits per heavy atom. The third-order valence-electron chi connectivity index (χ3n) is 9.35. The minimum Gasteiger partial charge on any atom is -0.493 e. The number of H-pyrrole nitrogens is 1. The number of fused-ring (bicyclic) bond motifs is 1. The van der Waals surface area contributed by atoms with E-state index in [1.54, 1.807) is 51.3 Å². The SMILES string of the molecule is CCCOc1ncccc1-c1cc(C2=CCCN(C(=O)CCn3ccnn3)C2)c(F)c2[nH]c(C(=O)N3CCN(c4ncc(F)cc4OC)CC3)cc12. The predicted octanol–water partition coefficient (Wildman–Crippen LogP) is 4.96. The average Bonchev–Trinajstić information content (AvgIpc) is 3.88. The number of amides is 2. The Labute approximate surface area is 298 Å². The molecule has 2 aliphatic rings. The number of aryl methyl sites for hydroxylation is 1. The standard InChI is InChI=1S/C37H39F2N9O4/c1-3-18-52-36-26(7-4-9-40-36)28-20-27(24-6-5-11-47(23-24)32(49)8-12-48-13-10-42-44-48)33(39)34-29(28)21-30(43-34)37(50)46-16-14-45(15-17-46)35-31(51-2)19-25(38)22-41-35/h4,6-7,9-10,13,19-22,43H,3,5,8,11-12,14-18,23H2,1-2H3. The molecule has 0 radical (unpaired) electrons. The molecule has 1 saturated heterocycles. The van der Waals surface area contributed by atoms with Crippen molar-refractivity contribution in [2.45, 2.75) is 32.7 Å². The zero-order chi connectivity index (χ0) is 36.2. The molecule has 270 valence electrons. The van der Waals surface area contributed by atoms with Gasteiger partial charge in [-0.3, -0.25) is 14.3 Å². The number of piperazine rings is 1. The number of benzene rings is 1. The molecule has 0 spiro atoms. The van der Waals surface area contributed by atoms with E-state index in [-0.39, 0.29) is 36.0 Å². The zero-order valence-electron chi connectivity index (χ0n) is 29.0. The molecule has 1 aromatic carbocycles. The lowest BCUT2D eigenvalue weighted by Gasteiger charge is -2.35. The summed E-state index contributed by atoms with van der Waals surface area (Å²) in [6.45, 7) is 5.21. The lowest BCUT2D eigenvalue weighted by Crippen LogP contribution is -2.49. The van der Waals surface area contributed by atoms with Crippen LogP contribution in [0.15, 0.2) is 61.2 Å². The maximum absolute atomic E-state index is 16.8. The van der Waals surface area contributed by atoms with Crippen molar-refractivity contribution in [3.63, 3.8) is 0 Å². The van der Waals surface area contributed by atoms with Crippen molar-refractivity contribution in [3.05, 3.63) is 84.1 Å². The van der Waals surface area contributed by atoms with Gasteiger partial charge in [0.05, 0.1) is 38.2 Å². The largest absolute Gasteiger partial charge is 0.493 e. The Morgan fingerprint density at radius 2 is 1.83 bits per heavy atom. The zero-order valence-corrected chi connectivity index (χ0v) is 29.0. The number of carbonyl (C=O) groups is 2. The molecule has 1 N–H and O–H groups in total. The summed E-state index contributed by atoms with van der Waals surface area (Å²) in [5, 5.41) is 8.24. The first-order valence-electron chi connectivity index (χ1n) is 17.3. The van der Waals surface area contributed by atoms with E-state index in [0.29, 0.717) is 97.4 Å². The van der Waals surface area contributed by atoms with Crippen LogP contribution in [0.4, 0.5) is 14.6 Å². The topological polar surface area (TPSA) is 135 Å². The van der Waals surface area contributed by atoms with E-state index in [4.69, 9.17) is 9.47 Å². The summed E-state index contributed by atoms with van der Waals surface area (Å²) in [6.07, 6.45) is 9.59. The smallest absolute Gasteiger partial charge is 0.270 e. The highest BCUT2D eigenvalue weighted by Crippen LogP contribution is 2.40. The van der Waals surface area contributed by atoms with Crippen LogP contribution in [0.3, 0.4) is 0 Å². The second kappa shape index (κ2) is 15.2. The molecule has 1 fully saturated rings. The second-order valence-corrected chi connectivity index (χ2v) is 12.7. The number of anilines is 1. The number of methoxy groups -OCH3 is 1. The molecule has 0 aliphatic carbocycles. The van der Waals surface area contributed by atoms with Crippen molar-refractivity contribution in [1.82, 2.24) is 39.7 Å². The normalized spacial score (nSPS) is 14.8. The van der Waals surface area contributed by atoms with Crippen LogP contribution in [0.1, 0.15) is 42.2 Å². The molecule has 2 aliphatic heterocycles. The third kappa shape index (κ3) is 7.02. The number of hydrogen-bond donors (Lipinski definition) is 1. The summed E-state index contributed by atoms with van der Waals surface area (Å²) >= 11 is 0. The minimum atomic E-state index is -0.514. The lowest BCUT2D eigenvalue weighted by atomic mass is 9.93. The summed E-state index contributed by atoms with van der Waals surface area (Å²) in [6, 6.07) is 8.40. The van der Waals surface area contributed by atoms with Crippen LogP contribution in [0.5, 0.6) is 11.6 Å². The molecule has 2 amide bonds. The van der Waals surface area contributed by atoms with Crippen LogP contribution in [0.25, 0.3) is 27.6 Å². The van der Waals surface area contributed by atoms with Gasteiger partial charge in [-0.15, -0.1) is 5.10 Å². The number of carbonyl (C=O) groups excluding carboxylic acids is 2. The number of pyridine rings is 2. The van der Waals surface area contributed by atoms with Gasteiger partial charge in [0.2, 0.25) is 11.8 Å². The number of hydrogen-bond acceptors (Lipinski definition) is 9. The van der Waals surface area contributed by atoms with Gasteiger partial charge in [0.25, 0.3) is 5.91 Å². The Kier molecular flexibility index (Phi) is 10.1. The van der Waals surface area contributed by atoms with Crippen molar-refractivity contribution in [1.29, 1.82) is 0 Å². The number of nitrogens with zero attached hydrogens (tertiary/aromatic N) is 8. The summed E-state index contributed by atoms with van der Waals surface area (Å²) in [7, 11) is 1.46. The van der Waals surface area contributed by atoms with Gasteiger partial charge >= 0.3 is 0 Å². The molecule has 0 atom stereocenters. The summed E-state index contributed by atoms with van der Waals surface area (Å²) in [5.41, 5.74) is 2.72. The molecule has 6 heterocycles. The monoisotopic (exact) mass is 711 g/mol. The fraction of sp³-hybridized carbons (Fsp3) is 0.351. The second-order valence-electron chi connectivity index (χ2n) is 12.7. The highest BCUT2D eigenvalue weighted by atomic mass is 19.1. The van der Waals surface area contributed by atoms with E-state index >= 15 is 4.39 Å². The molecule has 0 bridgehead atoms. The lowest BCUT2D eigenvalue weighted by molar-refractivity contribution is -0.131. The van der Waals surface area contributed by atoms with Crippen LogP contribution >= 0.6 is 0 Å². The quantitative estimate of drug-likeness (QED) is 0.202. The first kappa shape index (κ1) is 34.6. The van der Waals surface area contributed by atoms with Gasteiger partial charge in [0, 0.05) is 80.7 Å². The molecule has 0 unspecified atom stereocenters. The molecule has 52 heavy (non-hydrogen) atoms. The van der Waals surface area contributed by atoms with E-state index < -0.39 is 11.6 Å². The van der Waals surface area contributed by atoms with E-state index in [1.165, 1.54) is 13.2 Å². The number of aromatic nitrogens is 6. The summed E-state index contributed by atoms with van der Waals surface area (Å²) in [5.74, 6) is -0.127. The molecule has 15 heteroatoms. The Morgan fingerprint density at radius 3 is 2.60 bits per heavy atom. The number of nitrogens with one attached hydrogen (secondary N) is 1. The van der Waals surface area contributed by atoms with E-state index in [1.807, 2.05) is 24.0 Å². The molecule has 0 saturated carbocycles. The fourth-order valence-corrected chi connectivity index (χ4v) is 6.71. The van der Waals surface area contributed by atoms with Crippen molar-refractivity contribution in [2.75, 3.05) is 57.9 Å². The van der Waals surface area contributed by atoms with Crippen LogP contribution in [0.2, 0.25) is 0 Å². The number of ether oxygens (including phenoxy) is 2. The third-order valence-corrected chi connectivity index (χ3v) is 9.35. The maximum atomic E-state index is 16.8. The fourth-order valence-electron chi connectivity index (χ4n) is 6.71. The van der Waals surface area contributed by atoms with Gasteiger partial charge < -0.3 is 29.2 Å². The van der Waals surface area contributed by atoms with Crippen molar-refractivity contribution >= 4 is 34.1 Å². The van der Waals surface area contributed by atoms with Crippen LogP contribution < -0.4 is 14.4 Å². The summed E-state index contributed by atoms with van der Waals surface area (Å²) in [4.78, 5) is 44.4. The number of halogens is 2. The van der Waals surface area contributed by atoms with Gasteiger partial charge in [-0.2, -0.15) is 0 Å². The highest BCUT2D eigenvalue weighted by Gasteiger charge is 2.29. The van der Waals surface area contributed by atoms with E-state index in [0.717, 1.165) is 12.6 Å². The van der Waals surface area contributed by atoms with Gasteiger partial charge in [-0.25, -0.2) is 18.7 Å². The minimum absolute atomic E-state index is 0.0631. The average molecular weight is 712 g/mol. The predicted molar refractivity (Wildman–Crippen MR) is 190 cm³/mol. The Hall–Kier alpha value is -5.86. The first-order chi connectivity index (χ1) is 25.3. The van der Waals surface area contributed by atoms with Crippen LogP contribution in [-0.2, 0) is 11.3 Å². The highest BCUT2D eigenvalue weighted by molar-refractivity contribution is 6.05. The van der Waals surface area contributed by atoms with E-state index in [9.17, 15) is 14.0 Å². The Bertz CT molecular complexity index is 2110. The molecule has 5 aromatic rings. The number of rotatable bonds is 11. The van der Waals surface area contributed by atoms with Crippen LogP contribution in [0, 0.1) is 11.6 Å². The maximum Gasteiger partial charge on any atom is 0.270 e. The van der Waals surface area contributed by atoms with Gasteiger partial charge in [-0.05, 0) is 48.2 Å². The summed E-state index contributed by atoms with van der Waals surface area (Å²) < 4.78 is 43.5. The first-order valence-corrected chi connectivity index (χ1v) is 17.3. The molecular formula is C37H39F2N9O4. The van der Waals surface area contributed by atoms with E-state index in [2.05, 4.69) is 25.3 Å². The molecular weight excluding hydrogens is 672 g/mol. The van der Waals surface area contributed by atoms with Gasteiger partial charge in [0.1, 0.15) is 11.5 Å².